The van der Waals surface area contributed by atoms with Crippen molar-refractivity contribution < 1.29 is 9.47 Å². The Morgan fingerprint density at radius 3 is 3.00 bits per heavy atom. The summed E-state index contributed by atoms with van der Waals surface area (Å²) in [6.45, 7) is 4.26. The summed E-state index contributed by atoms with van der Waals surface area (Å²) < 4.78 is 13.2. The van der Waals surface area contributed by atoms with Crippen molar-refractivity contribution in [3.63, 3.8) is 0 Å². The van der Waals surface area contributed by atoms with Crippen LogP contribution in [0.5, 0.6) is 0 Å². The lowest BCUT2D eigenvalue weighted by Crippen LogP contribution is -2.41. The van der Waals surface area contributed by atoms with Crippen LogP contribution in [0.2, 0.25) is 0 Å². The van der Waals surface area contributed by atoms with Gasteiger partial charge in [0, 0.05) is 28.5 Å². The van der Waals surface area contributed by atoms with Gasteiger partial charge in [-0.15, -0.1) is 0 Å². The summed E-state index contributed by atoms with van der Waals surface area (Å²) >= 11 is 2.00. The van der Waals surface area contributed by atoms with Crippen molar-refractivity contribution in [3.8, 4) is 9.85 Å². The van der Waals surface area contributed by atoms with Crippen LogP contribution in [0.15, 0.2) is 0 Å². The lowest BCUT2D eigenvalue weighted by atomic mass is 10.0. The van der Waals surface area contributed by atoms with Gasteiger partial charge in [-0.2, -0.15) is 0 Å². The van der Waals surface area contributed by atoms with Gasteiger partial charge >= 0.3 is 0 Å². The Bertz CT molecular complexity index is 171. The molecule has 0 aromatic carbocycles. The Kier molecular flexibility index (Phi) is 4.20. The molecule has 1 heterocycles. The van der Waals surface area contributed by atoms with E-state index in [-0.39, 0.29) is 0 Å². The molecule has 2 nitrogen and oxygen atoms in total. The molecule has 0 spiro atoms. The molecular formula is C8H11IO2. The van der Waals surface area contributed by atoms with Crippen LogP contribution >= 0.6 is 22.6 Å². The molecule has 1 rings (SSSR count). The molecule has 1 aliphatic rings. The molecule has 0 amide bonds. The molecule has 0 N–H and O–H groups in total. The van der Waals surface area contributed by atoms with Gasteiger partial charge in [-0.05, 0) is 3.93 Å². The minimum absolute atomic E-state index is 0.311. The third-order valence-corrected chi connectivity index (χ3v) is 2.11. The fourth-order valence-corrected chi connectivity index (χ4v) is 1.05. The van der Waals surface area contributed by atoms with Gasteiger partial charge in [-0.1, -0.05) is 12.8 Å². The van der Waals surface area contributed by atoms with Gasteiger partial charge in [0.15, 0.2) is 0 Å². The molecule has 2 unspecified atom stereocenters. The molecule has 1 fully saturated rings. The van der Waals surface area contributed by atoms with Crippen LogP contribution < -0.4 is 0 Å². The first-order valence-electron chi connectivity index (χ1n) is 3.62. The molecular weight excluding hydrogens is 255 g/mol. The lowest BCUT2D eigenvalue weighted by Gasteiger charge is -2.33. The van der Waals surface area contributed by atoms with E-state index >= 15 is 0 Å². The predicted molar refractivity (Wildman–Crippen MR) is 51.5 cm³/mol. The normalized spacial score (nSPS) is 28.5. The fraction of sp³-hybridized carbons (Fsp3) is 0.750. The van der Waals surface area contributed by atoms with Crippen LogP contribution in [-0.2, 0) is 9.47 Å². The van der Waals surface area contributed by atoms with Crippen molar-refractivity contribution in [1.82, 2.24) is 0 Å². The molecule has 1 aliphatic heterocycles. The molecule has 3 heteroatoms. The van der Waals surface area contributed by atoms with Gasteiger partial charge in [0.25, 0.3) is 0 Å². The van der Waals surface area contributed by atoms with E-state index in [2.05, 4.69) is 16.8 Å². The summed E-state index contributed by atoms with van der Waals surface area (Å²) in [4.78, 5) is 0. The number of halogens is 1. The number of ether oxygens (including phenoxy) is 2. The number of rotatable bonds is 3. The van der Waals surface area contributed by atoms with E-state index in [1.54, 1.807) is 0 Å². The Balaban J connectivity index is 1.97. The van der Waals surface area contributed by atoms with E-state index in [1.807, 2.05) is 22.6 Å². The monoisotopic (exact) mass is 266 g/mol. The van der Waals surface area contributed by atoms with Gasteiger partial charge < -0.3 is 9.47 Å². The number of hydrogen-bond donors (Lipinski definition) is 0. The summed E-state index contributed by atoms with van der Waals surface area (Å²) in [6, 6.07) is 0. The summed E-state index contributed by atoms with van der Waals surface area (Å²) in [5.74, 6) is 3.48. The molecule has 0 aromatic heterocycles. The average Bonchev–Trinajstić information content (AvgIpc) is 2.02. The molecule has 0 aromatic rings. The zero-order valence-electron chi connectivity index (χ0n) is 6.47. The standard InChI is InChI=1S/C8H11IO2/c1-7-5-11-8(7)6-10-4-2-3-9/h7-8H,4-6H2,1H3. The molecule has 11 heavy (non-hydrogen) atoms. The minimum Gasteiger partial charge on any atom is -0.375 e. The molecule has 0 saturated carbocycles. The topological polar surface area (TPSA) is 18.5 Å². The molecule has 0 aliphatic carbocycles. The maximum absolute atomic E-state index is 5.25. The third-order valence-electron chi connectivity index (χ3n) is 1.73. The highest BCUT2D eigenvalue weighted by atomic mass is 127. The van der Waals surface area contributed by atoms with Gasteiger partial charge in [0.2, 0.25) is 0 Å². The largest absolute Gasteiger partial charge is 0.375 e. The summed E-state index contributed by atoms with van der Waals surface area (Å²) in [5, 5.41) is 0. The fourth-order valence-electron chi connectivity index (χ4n) is 0.891. The average molecular weight is 266 g/mol. The first kappa shape index (κ1) is 9.30. The molecule has 0 bridgehead atoms. The van der Waals surface area contributed by atoms with Crippen LogP contribution in [0.1, 0.15) is 6.92 Å². The van der Waals surface area contributed by atoms with E-state index in [4.69, 9.17) is 9.47 Å². The van der Waals surface area contributed by atoms with Crippen molar-refractivity contribution in [3.05, 3.63) is 0 Å². The lowest BCUT2D eigenvalue weighted by molar-refractivity contribution is -0.136. The van der Waals surface area contributed by atoms with Crippen molar-refractivity contribution in [2.45, 2.75) is 13.0 Å². The SMILES string of the molecule is CC1COC1COCC#CI. The minimum atomic E-state index is 0.311. The van der Waals surface area contributed by atoms with Gasteiger partial charge in [0.1, 0.15) is 6.61 Å². The zero-order chi connectivity index (χ0) is 8.10. The quantitative estimate of drug-likeness (QED) is 0.437. The maximum Gasteiger partial charge on any atom is 0.108 e. The van der Waals surface area contributed by atoms with Gasteiger partial charge in [0.05, 0.1) is 19.3 Å². The van der Waals surface area contributed by atoms with E-state index in [0.29, 0.717) is 25.2 Å². The number of hydrogen-bond acceptors (Lipinski definition) is 2. The van der Waals surface area contributed by atoms with Gasteiger partial charge in [-0.3, -0.25) is 0 Å². The second-order valence-corrected chi connectivity index (χ2v) is 3.17. The second-order valence-electron chi connectivity index (χ2n) is 2.64. The molecule has 1 saturated heterocycles. The highest BCUT2D eigenvalue weighted by Crippen LogP contribution is 2.19. The van der Waals surface area contributed by atoms with E-state index < -0.39 is 0 Å². The van der Waals surface area contributed by atoms with E-state index in [0.717, 1.165) is 6.61 Å². The summed E-state index contributed by atoms with van der Waals surface area (Å²) in [7, 11) is 0. The zero-order valence-corrected chi connectivity index (χ0v) is 8.63. The first-order valence-corrected chi connectivity index (χ1v) is 4.70. The Hall–Kier alpha value is 0.210. The van der Waals surface area contributed by atoms with Crippen LogP contribution in [0.4, 0.5) is 0 Å². The Labute approximate surface area is 80.8 Å². The molecule has 2 atom stereocenters. The van der Waals surface area contributed by atoms with Crippen molar-refractivity contribution in [2.24, 2.45) is 5.92 Å². The van der Waals surface area contributed by atoms with E-state index in [1.165, 1.54) is 0 Å². The Morgan fingerprint density at radius 1 is 1.73 bits per heavy atom. The van der Waals surface area contributed by atoms with E-state index in [9.17, 15) is 0 Å². The van der Waals surface area contributed by atoms with Crippen molar-refractivity contribution in [1.29, 1.82) is 0 Å². The van der Waals surface area contributed by atoms with Gasteiger partial charge in [-0.25, -0.2) is 0 Å². The molecule has 0 radical (unpaired) electrons. The smallest absolute Gasteiger partial charge is 0.108 e. The highest BCUT2D eigenvalue weighted by Gasteiger charge is 2.27. The van der Waals surface area contributed by atoms with Crippen LogP contribution in [0.25, 0.3) is 0 Å². The van der Waals surface area contributed by atoms with Crippen LogP contribution in [0, 0.1) is 15.8 Å². The Morgan fingerprint density at radius 2 is 2.55 bits per heavy atom. The highest BCUT2D eigenvalue weighted by molar-refractivity contribution is 14.1. The summed E-state index contributed by atoms with van der Waals surface area (Å²) in [5.41, 5.74) is 0. The van der Waals surface area contributed by atoms with Crippen LogP contribution in [0.3, 0.4) is 0 Å². The third kappa shape index (κ3) is 2.97. The van der Waals surface area contributed by atoms with Crippen LogP contribution in [-0.4, -0.2) is 25.9 Å². The van der Waals surface area contributed by atoms with Crippen molar-refractivity contribution in [2.75, 3.05) is 19.8 Å². The molecule has 62 valence electrons. The second kappa shape index (κ2) is 4.96. The maximum atomic E-state index is 5.25. The van der Waals surface area contributed by atoms with Crippen molar-refractivity contribution >= 4 is 22.6 Å². The summed E-state index contributed by atoms with van der Waals surface area (Å²) in [6.07, 6.45) is 0.311. The predicted octanol–water partition coefficient (Wildman–Crippen LogP) is 1.43. The first-order chi connectivity index (χ1) is 5.34.